The molecule has 0 saturated carbocycles. The molecule has 1 aromatic rings. The van der Waals surface area contributed by atoms with Crippen LogP contribution in [0, 0.1) is 11.8 Å². The third kappa shape index (κ3) is 2.71. The van der Waals surface area contributed by atoms with E-state index in [1.807, 2.05) is 6.08 Å². The van der Waals surface area contributed by atoms with Crippen LogP contribution in [0.25, 0.3) is 0 Å². The van der Waals surface area contributed by atoms with Crippen LogP contribution in [0.5, 0.6) is 0 Å². The first-order valence-corrected chi connectivity index (χ1v) is 5.64. The van der Waals surface area contributed by atoms with Crippen LogP contribution in [0.4, 0.5) is 5.95 Å². The summed E-state index contributed by atoms with van der Waals surface area (Å²) < 4.78 is 0. The molecule has 1 heterocycles. The standard InChI is InChI=1S/C12H13N3O3/c16-10(15-12-13-6-3-7-14-12)8-4-1-2-5-9(8)11(17)18/h1-3,6-9H,4-5H2,(H,17,18)(H,13,14,15,16)/t8-,9-/m1/s1. The zero-order valence-electron chi connectivity index (χ0n) is 9.61. The third-order valence-electron chi connectivity index (χ3n) is 2.89. The maximum absolute atomic E-state index is 12.0. The molecule has 18 heavy (non-hydrogen) atoms. The van der Waals surface area contributed by atoms with Gasteiger partial charge in [-0.05, 0) is 18.9 Å². The molecule has 0 aliphatic heterocycles. The maximum Gasteiger partial charge on any atom is 0.307 e. The summed E-state index contributed by atoms with van der Waals surface area (Å²) in [5.74, 6) is -2.36. The Labute approximate surface area is 104 Å². The molecule has 0 bridgehead atoms. The second kappa shape index (κ2) is 5.39. The summed E-state index contributed by atoms with van der Waals surface area (Å²) in [6.45, 7) is 0. The fraction of sp³-hybridized carbons (Fsp3) is 0.333. The predicted molar refractivity (Wildman–Crippen MR) is 63.7 cm³/mol. The van der Waals surface area contributed by atoms with Gasteiger partial charge in [-0.3, -0.25) is 14.9 Å². The molecule has 6 heteroatoms. The number of aliphatic carboxylic acids is 1. The number of carboxylic acid groups (broad SMARTS) is 1. The van der Waals surface area contributed by atoms with Gasteiger partial charge in [-0.1, -0.05) is 12.2 Å². The van der Waals surface area contributed by atoms with Gasteiger partial charge in [0.1, 0.15) is 0 Å². The van der Waals surface area contributed by atoms with Gasteiger partial charge in [-0.2, -0.15) is 0 Å². The second-order valence-corrected chi connectivity index (χ2v) is 4.06. The van der Waals surface area contributed by atoms with Crippen molar-refractivity contribution >= 4 is 17.8 Å². The summed E-state index contributed by atoms with van der Waals surface area (Å²) in [5, 5.41) is 11.6. The Bertz CT molecular complexity index is 473. The minimum atomic E-state index is -0.950. The van der Waals surface area contributed by atoms with Crippen LogP contribution in [0.1, 0.15) is 12.8 Å². The van der Waals surface area contributed by atoms with Crippen LogP contribution in [0.3, 0.4) is 0 Å². The van der Waals surface area contributed by atoms with E-state index in [1.165, 1.54) is 12.4 Å². The number of carbonyl (C=O) groups excluding carboxylic acids is 1. The van der Waals surface area contributed by atoms with Crippen molar-refractivity contribution in [1.29, 1.82) is 0 Å². The lowest BCUT2D eigenvalue weighted by molar-refractivity contribution is -0.146. The molecule has 1 amide bonds. The normalized spacial score (nSPS) is 22.4. The van der Waals surface area contributed by atoms with E-state index in [0.717, 1.165) is 0 Å². The van der Waals surface area contributed by atoms with Crippen LogP contribution < -0.4 is 5.32 Å². The molecule has 2 rings (SSSR count). The summed E-state index contributed by atoms with van der Waals surface area (Å²) in [6, 6.07) is 1.64. The largest absolute Gasteiger partial charge is 0.481 e. The third-order valence-corrected chi connectivity index (χ3v) is 2.89. The first-order chi connectivity index (χ1) is 8.68. The monoisotopic (exact) mass is 247 g/mol. The number of aromatic nitrogens is 2. The lowest BCUT2D eigenvalue weighted by atomic mass is 9.82. The number of hydrogen-bond donors (Lipinski definition) is 2. The zero-order chi connectivity index (χ0) is 13.0. The van der Waals surface area contributed by atoms with Gasteiger partial charge in [-0.25, -0.2) is 9.97 Å². The minimum Gasteiger partial charge on any atom is -0.481 e. The van der Waals surface area contributed by atoms with E-state index in [4.69, 9.17) is 5.11 Å². The molecule has 0 fully saturated rings. The number of allylic oxidation sites excluding steroid dienone is 2. The summed E-state index contributed by atoms with van der Waals surface area (Å²) >= 11 is 0. The fourth-order valence-corrected chi connectivity index (χ4v) is 1.94. The Morgan fingerprint density at radius 2 is 1.78 bits per heavy atom. The molecule has 0 radical (unpaired) electrons. The van der Waals surface area contributed by atoms with Crippen molar-refractivity contribution in [2.24, 2.45) is 11.8 Å². The Balaban J connectivity index is 2.08. The van der Waals surface area contributed by atoms with Gasteiger partial charge in [-0.15, -0.1) is 0 Å². The molecule has 1 aromatic heterocycles. The van der Waals surface area contributed by atoms with E-state index in [9.17, 15) is 9.59 Å². The van der Waals surface area contributed by atoms with Crippen molar-refractivity contribution < 1.29 is 14.7 Å². The van der Waals surface area contributed by atoms with Crippen molar-refractivity contribution in [3.8, 4) is 0 Å². The molecule has 6 nitrogen and oxygen atoms in total. The summed E-state index contributed by atoms with van der Waals surface area (Å²) in [7, 11) is 0. The number of rotatable bonds is 3. The molecule has 0 aromatic carbocycles. The average Bonchev–Trinajstić information content (AvgIpc) is 2.40. The number of carbonyl (C=O) groups is 2. The molecule has 0 unspecified atom stereocenters. The maximum atomic E-state index is 12.0. The van der Waals surface area contributed by atoms with Crippen molar-refractivity contribution in [2.45, 2.75) is 12.8 Å². The molecule has 0 spiro atoms. The van der Waals surface area contributed by atoms with Crippen molar-refractivity contribution in [3.63, 3.8) is 0 Å². The Morgan fingerprint density at radius 1 is 1.17 bits per heavy atom. The SMILES string of the molecule is O=C(O)[C@@H]1CC=CC[C@H]1C(=O)Nc1ncccn1. The summed E-state index contributed by atoms with van der Waals surface area (Å²) in [5.41, 5.74) is 0. The van der Waals surface area contributed by atoms with Crippen LogP contribution in [-0.2, 0) is 9.59 Å². The highest BCUT2D eigenvalue weighted by atomic mass is 16.4. The Morgan fingerprint density at radius 3 is 2.39 bits per heavy atom. The zero-order valence-corrected chi connectivity index (χ0v) is 9.61. The minimum absolute atomic E-state index is 0.196. The van der Waals surface area contributed by atoms with Crippen LogP contribution in [0.15, 0.2) is 30.6 Å². The van der Waals surface area contributed by atoms with Crippen LogP contribution in [-0.4, -0.2) is 27.0 Å². The quantitative estimate of drug-likeness (QED) is 0.780. The highest BCUT2D eigenvalue weighted by molar-refractivity contribution is 5.94. The smallest absolute Gasteiger partial charge is 0.307 e. The first-order valence-electron chi connectivity index (χ1n) is 5.64. The highest BCUT2D eigenvalue weighted by Crippen LogP contribution is 2.26. The van der Waals surface area contributed by atoms with Crippen molar-refractivity contribution in [3.05, 3.63) is 30.6 Å². The summed E-state index contributed by atoms with van der Waals surface area (Å²) in [6.07, 6.45) is 7.45. The van der Waals surface area contributed by atoms with Crippen LogP contribution in [0.2, 0.25) is 0 Å². The molecule has 1 aliphatic carbocycles. The molecule has 0 saturated heterocycles. The Hall–Kier alpha value is -2.24. The van der Waals surface area contributed by atoms with Gasteiger partial charge in [0.05, 0.1) is 11.8 Å². The molecule has 2 N–H and O–H groups in total. The second-order valence-electron chi connectivity index (χ2n) is 4.06. The number of anilines is 1. The average molecular weight is 247 g/mol. The number of carboxylic acids is 1. The van der Waals surface area contributed by atoms with E-state index in [0.29, 0.717) is 12.8 Å². The fourth-order valence-electron chi connectivity index (χ4n) is 1.94. The molecular formula is C12H13N3O3. The van der Waals surface area contributed by atoms with Gasteiger partial charge in [0.15, 0.2) is 0 Å². The van der Waals surface area contributed by atoms with E-state index in [1.54, 1.807) is 12.1 Å². The molecule has 2 atom stereocenters. The number of amides is 1. The van der Waals surface area contributed by atoms with E-state index >= 15 is 0 Å². The number of nitrogens with zero attached hydrogens (tertiary/aromatic N) is 2. The van der Waals surface area contributed by atoms with E-state index in [2.05, 4.69) is 15.3 Å². The highest BCUT2D eigenvalue weighted by Gasteiger charge is 2.34. The molecule has 94 valence electrons. The van der Waals surface area contributed by atoms with Crippen LogP contribution >= 0.6 is 0 Å². The molecular weight excluding hydrogens is 234 g/mol. The number of hydrogen-bond acceptors (Lipinski definition) is 4. The Kier molecular flexibility index (Phi) is 3.66. The summed E-state index contributed by atoms with van der Waals surface area (Å²) in [4.78, 5) is 30.8. The first kappa shape index (κ1) is 12.2. The topological polar surface area (TPSA) is 92.2 Å². The lowest BCUT2D eigenvalue weighted by Gasteiger charge is -2.23. The van der Waals surface area contributed by atoms with Crippen molar-refractivity contribution in [2.75, 3.05) is 5.32 Å². The van der Waals surface area contributed by atoms with E-state index < -0.39 is 17.8 Å². The number of nitrogens with one attached hydrogen (secondary N) is 1. The van der Waals surface area contributed by atoms with Gasteiger partial charge >= 0.3 is 5.97 Å². The van der Waals surface area contributed by atoms with Gasteiger partial charge < -0.3 is 5.11 Å². The lowest BCUT2D eigenvalue weighted by Crippen LogP contribution is -2.35. The van der Waals surface area contributed by atoms with Gasteiger partial charge in [0.2, 0.25) is 11.9 Å². The van der Waals surface area contributed by atoms with Crippen molar-refractivity contribution in [1.82, 2.24) is 9.97 Å². The van der Waals surface area contributed by atoms with E-state index in [-0.39, 0.29) is 11.9 Å². The van der Waals surface area contributed by atoms with Gasteiger partial charge in [0, 0.05) is 12.4 Å². The van der Waals surface area contributed by atoms with Gasteiger partial charge in [0.25, 0.3) is 0 Å². The predicted octanol–water partition coefficient (Wildman–Crippen LogP) is 1.08. The molecule has 1 aliphatic rings.